The van der Waals surface area contributed by atoms with Crippen molar-refractivity contribution in [1.29, 1.82) is 0 Å². The Bertz CT molecular complexity index is 5320. The Morgan fingerprint density at radius 1 is 0.375 bits per heavy atom. The van der Waals surface area contributed by atoms with Gasteiger partial charge in [0.25, 0.3) is 0 Å². The lowest BCUT2D eigenvalue weighted by atomic mass is 9.97. The molecule has 2 fully saturated rings. The number of carbonyl (C=O) groups is 8. The van der Waals surface area contributed by atoms with E-state index in [4.69, 9.17) is 38.5 Å². The average molecular weight is 1400 g/mol. The maximum Gasteiger partial charge on any atom is 0.332 e. The van der Waals surface area contributed by atoms with E-state index in [0.717, 1.165) is 61.2 Å². The van der Waals surface area contributed by atoms with Crippen LogP contribution in [0.2, 0.25) is 0 Å². The second-order valence-corrected chi connectivity index (χ2v) is 25.5. The Balaban J connectivity index is 0.741. The van der Waals surface area contributed by atoms with Gasteiger partial charge in [-0.3, -0.25) is 9.59 Å². The number of fused-ring (bicyclic) bond motifs is 7. The predicted molar refractivity (Wildman–Crippen MR) is 390 cm³/mol. The Hall–Kier alpha value is -12.9. The van der Waals surface area contributed by atoms with Crippen LogP contribution >= 0.6 is 0 Å². The van der Waals surface area contributed by atoms with Gasteiger partial charge in [0.2, 0.25) is 0 Å². The van der Waals surface area contributed by atoms with Crippen molar-refractivity contribution in [2.24, 2.45) is 54.6 Å². The number of rotatable bonds is 25. The molecule has 0 spiro atoms. The van der Waals surface area contributed by atoms with E-state index in [0.29, 0.717) is 73.9 Å². The van der Waals surface area contributed by atoms with E-state index in [-0.39, 0.29) is 64.6 Å². The van der Waals surface area contributed by atoms with Crippen molar-refractivity contribution < 1.29 is 76.9 Å². The van der Waals surface area contributed by atoms with Crippen LogP contribution < -0.4 is 9.47 Å². The van der Waals surface area contributed by atoms with Gasteiger partial charge in [0.1, 0.15) is 40.8 Å². The van der Waals surface area contributed by atoms with Crippen LogP contribution in [0.15, 0.2) is 201 Å². The highest BCUT2D eigenvalue weighted by atomic mass is 16.7. The molecule has 0 amide bonds. The van der Waals surface area contributed by atoms with Crippen LogP contribution in [0, 0.1) is 23.7 Å². The maximum absolute atomic E-state index is 14.5. The molecule has 2 aromatic heterocycles. The van der Waals surface area contributed by atoms with Gasteiger partial charge >= 0.3 is 35.8 Å². The zero-order chi connectivity index (χ0) is 73.8. The first-order valence-corrected chi connectivity index (χ1v) is 33.4. The van der Waals surface area contributed by atoms with Gasteiger partial charge in [0.15, 0.2) is 11.6 Å². The summed E-state index contributed by atoms with van der Waals surface area (Å²) in [5.74, 6) is -2.83. The molecule has 2 unspecified atom stereocenters. The summed E-state index contributed by atoms with van der Waals surface area (Å²) in [7, 11) is 0. The Kier molecular flexibility index (Phi) is 20.6. The monoisotopic (exact) mass is 1400 g/mol. The predicted octanol–water partition coefficient (Wildman–Crippen LogP) is 14.1. The number of hydrogen-bond acceptors (Lipinski definition) is 22. The first-order valence-electron chi connectivity index (χ1n) is 33.4. The number of nitrogens with zero attached hydrogens (tertiary/aromatic N) is 8. The minimum Gasteiger partial charge on any atom is -0.490 e. The molecule has 0 radical (unpaired) electrons. The summed E-state index contributed by atoms with van der Waals surface area (Å²) in [6, 6.07) is 51.3. The molecule has 24 heteroatoms. The van der Waals surface area contributed by atoms with E-state index in [1.54, 1.807) is 91.9 Å². The van der Waals surface area contributed by atoms with E-state index in [1.807, 2.05) is 117 Å². The molecule has 104 heavy (non-hydrogen) atoms. The second kappa shape index (κ2) is 30.1. The van der Waals surface area contributed by atoms with Crippen molar-refractivity contribution in [3.63, 3.8) is 0 Å². The fraction of sp³-hybridized carbons (Fsp3) is 0.225. The normalized spacial score (nSPS) is 16.0. The van der Waals surface area contributed by atoms with Crippen LogP contribution in [0.5, 0.6) is 11.5 Å². The van der Waals surface area contributed by atoms with Crippen molar-refractivity contribution in [3.05, 3.63) is 214 Å². The molecule has 0 aliphatic heterocycles. The second-order valence-electron chi connectivity index (χ2n) is 25.5. The van der Waals surface area contributed by atoms with Crippen LogP contribution in [0.3, 0.4) is 0 Å². The molecule has 10 aromatic rings. The fourth-order valence-corrected chi connectivity index (χ4v) is 12.4. The first kappa shape index (κ1) is 71.0. The highest BCUT2D eigenvalue weighted by Crippen LogP contribution is 2.65. The van der Waals surface area contributed by atoms with Crippen LogP contribution in [-0.2, 0) is 57.8 Å². The van der Waals surface area contributed by atoms with Gasteiger partial charge in [0.05, 0.1) is 39.7 Å². The van der Waals surface area contributed by atoms with Crippen LogP contribution in [0.1, 0.15) is 137 Å². The summed E-state index contributed by atoms with van der Waals surface area (Å²) in [4.78, 5) is 129. The molecule has 2 saturated carbocycles. The van der Waals surface area contributed by atoms with Crippen molar-refractivity contribution >= 4 is 126 Å². The van der Waals surface area contributed by atoms with Gasteiger partial charge in [-0.2, -0.15) is 0 Å². The number of aromatic nitrogens is 2. The summed E-state index contributed by atoms with van der Waals surface area (Å²) in [5, 5.41) is 27.1. The Morgan fingerprint density at radius 2 is 0.702 bits per heavy atom. The van der Waals surface area contributed by atoms with Crippen LogP contribution in [0.25, 0.3) is 55.0 Å². The number of ketones is 2. The van der Waals surface area contributed by atoms with Crippen LogP contribution in [0.4, 0.5) is 0 Å². The third kappa shape index (κ3) is 15.4. The number of oxime groups is 6. The number of ether oxygens (including phenoxy) is 2. The van der Waals surface area contributed by atoms with Gasteiger partial charge in [0, 0.05) is 131 Å². The molecule has 0 bridgehead atoms. The minimum atomic E-state index is -0.659. The lowest BCUT2D eigenvalue weighted by Crippen LogP contribution is -2.21. The molecule has 8 aromatic carbocycles. The highest BCUT2D eigenvalue weighted by Gasteiger charge is 2.78. The molecule has 0 saturated heterocycles. The molecule has 2 aliphatic rings. The van der Waals surface area contributed by atoms with E-state index in [9.17, 15) is 38.4 Å². The molecular formula is C80H70N8O16. The smallest absolute Gasteiger partial charge is 0.332 e. The molecule has 0 N–H and O–H groups in total. The Morgan fingerprint density at radius 3 is 1.08 bits per heavy atom. The minimum absolute atomic E-state index is 0.0695. The molecular weight excluding hydrogens is 1330 g/mol. The van der Waals surface area contributed by atoms with Crippen LogP contribution in [-0.4, -0.2) is 103 Å². The van der Waals surface area contributed by atoms with Crippen molar-refractivity contribution in [2.45, 2.75) is 94.8 Å². The zero-order valence-corrected chi connectivity index (χ0v) is 58.5. The molecule has 2 aliphatic carbocycles. The third-order valence-corrected chi connectivity index (χ3v) is 17.3. The lowest BCUT2D eigenvalue weighted by molar-refractivity contribution is -0.142. The molecule has 24 nitrogen and oxygen atoms in total. The summed E-state index contributed by atoms with van der Waals surface area (Å²) < 4.78 is 16.9. The quantitative estimate of drug-likeness (QED) is 0.0222. The number of carbonyl (C=O) groups excluding carboxylic acids is 8. The summed E-state index contributed by atoms with van der Waals surface area (Å²) >= 11 is 0. The number of benzene rings is 8. The van der Waals surface area contributed by atoms with E-state index in [1.165, 1.54) is 41.5 Å². The molecule has 526 valence electrons. The van der Waals surface area contributed by atoms with Crippen molar-refractivity contribution in [3.8, 4) is 22.9 Å². The maximum atomic E-state index is 14.5. The first-order chi connectivity index (χ1) is 49.9. The summed E-state index contributed by atoms with van der Waals surface area (Å²) in [5.41, 5.74) is 10.5. The van der Waals surface area contributed by atoms with E-state index >= 15 is 0 Å². The molecule has 2 heterocycles. The zero-order valence-electron chi connectivity index (χ0n) is 58.5. The molecule has 2 atom stereocenters. The van der Waals surface area contributed by atoms with E-state index < -0.39 is 35.8 Å². The van der Waals surface area contributed by atoms with Gasteiger partial charge < -0.3 is 47.6 Å². The van der Waals surface area contributed by atoms with Gasteiger partial charge in [-0.05, 0) is 152 Å². The SMILES string of the molecule is CCC(=NOC(C)=O)/C(=N\OC(C)=O)c1ccc(-n2c3ccc(C(=O)c4ccc(OC5C6C(Oc7ccc(C(=O)c8ccc9c(c8)c8cc(/C(=N\OC(C)=O)C(C)C)ccc8n9-c8ccc(C(/C=N\OC(C)=O)=NOC(C)=O)cc8)cc7)C56)cc4)cc3c3cc(/C(=N/OC(C)=O)C(C)C)ccc32)cc1. The van der Waals surface area contributed by atoms with Crippen molar-refractivity contribution in [2.75, 3.05) is 0 Å². The summed E-state index contributed by atoms with van der Waals surface area (Å²) in [6.45, 7) is 17.0. The Labute approximate surface area is 595 Å². The van der Waals surface area contributed by atoms with Gasteiger partial charge in [-0.15, -0.1) is 0 Å². The summed E-state index contributed by atoms with van der Waals surface area (Å²) in [6.07, 6.45) is 1.32. The lowest BCUT2D eigenvalue weighted by Gasteiger charge is -2.16. The van der Waals surface area contributed by atoms with E-state index in [2.05, 4.69) is 35.5 Å². The fourth-order valence-electron chi connectivity index (χ4n) is 12.4. The standard InChI is InChI=1S/C80H70N8O16/c1-12-66(82-100-45(7)90)76(86-104-49(11)94)51-15-27-59(28-16-51)88-69-34-22-55(75(43(4)5)85-103-48(10)93)38-63(69)65-40-57(24-36-71(65)88)78(96)53-19-31-61(32-20-53)98-80-72-73(80)79(72)97-60-29-17-52(18-30-60)77(95)56-23-35-70-64(39-56)62-37-54(74(42(2)3)84-102-47(9)92)21-33-68(62)87(70)58-25-13-50(14-26-58)67(83-101-46(8)91)41-81-99-44(6)89/h13-43,72-73,79-80H,12H2,1-11H3/b81-41-,82-66?,83-67?,84-74-,85-75+,86-76-. The van der Waals surface area contributed by atoms with Crippen molar-refractivity contribution in [1.82, 2.24) is 9.13 Å². The van der Waals surface area contributed by atoms with Gasteiger partial charge in [-0.1, -0.05) is 102 Å². The average Bonchev–Trinajstić information content (AvgIpc) is 1.52. The largest absolute Gasteiger partial charge is 0.490 e. The number of hydrogen-bond donors (Lipinski definition) is 0. The third-order valence-electron chi connectivity index (χ3n) is 17.3. The topological polar surface area (TPSA) is 294 Å². The highest BCUT2D eigenvalue weighted by molar-refractivity contribution is 6.48. The molecule has 12 rings (SSSR count). The van der Waals surface area contributed by atoms with Gasteiger partial charge in [-0.25, -0.2) is 28.8 Å².